The Morgan fingerprint density at radius 3 is 1.02 bits per heavy atom. The van der Waals surface area contributed by atoms with Gasteiger partial charge in [0.25, 0.3) is 0 Å². The van der Waals surface area contributed by atoms with E-state index in [1.54, 1.807) is 0 Å². The van der Waals surface area contributed by atoms with Crippen molar-refractivity contribution in [2.75, 3.05) is 13.2 Å². The molecule has 0 aliphatic heterocycles. The standard InChI is InChI=1S/C58H46O4/c1-37-31-49(57(59)51(33-37)55-43-21-7-3-17-39(43)35-40-18-4-8-22-44(40)55)47-25-11-13-27-53(47)61-29-15-16-30-62-54-28-14-12-26-48(54)50-32-38(2)34-52(58(50)60)56-45-23-9-5-19-41(45)36-42-20-6-10-24-46(42)56/h3-14,17-28,31-36,59-60H,15-16,29-30H2,1-2H3. The lowest BCUT2D eigenvalue weighted by atomic mass is 9.88. The third-order valence-electron chi connectivity index (χ3n) is 12.0. The van der Waals surface area contributed by atoms with E-state index >= 15 is 0 Å². The van der Waals surface area contributed by atoms with Gasteiger partial charge in [-0.25, -0.2) is 0 Å². The topological polar surface area (TPSA) is 58.9 Å². The number of rotatable bonds is 11. The number of phenolic OH excluding ortho intramolecular Hbond substituents is 2. The summed E-state index contributed by atoms with van der Waals surface area (Å²) in [5.41, 5.74) is 8.93. The van der Waals surface area contributed by atoms with Crippen molar-refractivity contribution < 1.29 is 19.7 Å². The van der Waals surface area contributed by atoms with Crippen molar-refractivity contribution in [2.24, 2.45) is 0 Å². The number of hydrogen-bond acceptors (Lipinski definition) is 4. The van der Waals surface area contributed by atoms with Crippen molar-refractivity contribution in [2.45, 2.75) is 26.7 Å². The fourth-order valence-electron chi connectivity index (χ4n) is 9.16. The summed E-state index contributed by atoms with van der Waals surface area (Å²) in [6.45, 7) is 5.12. The van der Waals surface area contributed by atoms with Crippen LogP contribution in [0.3, 0.4) is 0 Å². The zero-order chi connectivity index (χ0) is 42.2. The third-order valence-corrected chi connectivity index (χ3v) is 12.0. The molecule has 0 bridgehead atoms. The molecule has 0 amide bonds. The molecule has 0 spiro atoms. The van der Waals surface area contributed by atoms with Gasteiger partial charge in [-0.1, -0.05) is 133 Å². The fourth-order valence-corrected chi connectivity index (χ4v) is 9.16. The van der Waals surface area contributed by atoms with Gasteiger partial charge < -0.3 is 19.7 Å². The van der Waals surface area contributed by atoms with Gasteiger partial charge in [-0.15, -0.1) is 0 Å². The number of fused-ring (bicyclic) bond motifs is 4. The van der Waals surface area contributed by atoms with E-state index in [2.05, 4.69) is 135 Å². The van der Waals surface area contributed by atoms with Crippen molar-refractivity contribution >= 4 is 43.1 Å². The van der Waals surface area contributed by atoms with E-state index in [1.165, 1.54) is 0 Å². The fraction of sp³-hybridized carbons (Fsp3) is 0.103. The van der Waals surface area contributed by atoms with Gasteiger partial charge in [0, 0.05) is 44.5 Å². The Morgan fingerprint density at radius 1 is 0.339 bits per heavy atom. The molecule has 10 aromatic carbocycles. The Labute approximate surface area is 361 Å². The Morgan fingerprint density at radius 2 is 0.645 bits per heavy atom. The van der Waals surface area contributed by atoms with Crippen LogP contribution in [0.1, 0.15) is 24.0 Å². The number of aromatic hydroxyl groups is 2. The van der Waals surface area contributed by atoms with Crippen molar-refractivity contribution in [1.29, 1.82) is 0 Å². The lowest BCUT2D eigenvalue weighted by molar-refractivity contribution is 0.267. The summed E-state index contributed by atoms with van der Waals surface area (Å²) in [6.07, 6.45) is 1.52. The van der Waals surface area contributed by atoms with Gasteiger partial charge in [-0.2, -0.15) is 0 Å². The average Bonchev–Trinajstić information content (AvgIpc) is 3.30. The summed E-state index contributed by atoms with van der Waals surface area (Å²) >= 11 is 0. The molecule has 2 N–H and O–H groups in total. The van der Waals surface area contributed by atoms with Gasteiger partial charge in [0.05, 0.1) is 13.2 Å². The Kier molecular flexibility index (Phi) is 10.3. The Hall–Kier alpha value is -7.56. The second-order valence-corrected chi connectivity index (χ2v) is 16.2. The molecule has 0 fully saturated rings. The van der Waals surface area contributed by atoms with E-state index < -0.39 is 0 Å². The van der Waals surface area contributed by atoms with Crippen molar-refractivity contribution in [3.8, 4) is 67.5 Å². The molecule has 0 aliphatic carbocycles. The monoisotopic (exact) mass is 806 g/mol. The minimum atomic E-state index is 0.234. The summed E-state index contributed by atoms with van der Waals surface area (Å²) in [4.78, 5) is 0. The molecule has 10 rings (SSSR count). The molecule has 0 atom stereocenters. The number of hydrogen-bond donors (Lipinski definition) is 2. The highest BCUT2D eigenvalue weighted by Crippen LogP contribution is 2.48. The lowest BCUT2D eigenvalue weighted by Gasteiger charge is -2.19. The predicted octanol–water partition coefficient (Wildman–Crippen LogP) is 15.2. The van der Waals surface area contributed by atoms with Gasteiger partial charge in [-0.3, -0.25) is 0 Å². The van der Waals surface area contributed by atoms with Crippen LogP contribution in [0.2, 0.25) is 0 Å². The van der Waals surface area contributed by atoms with Crippen LogP contribution in [0, 0.1) is 13.8 Å². The van der Waals surface area contributed by atoms with Crippen LogP contribution in [0.25, 0.3) is 87.6 Å². The Balaban J connectivity index is 0.876. The van der Waals surface area contributed by atoms with Gasteiger partial charge in [0.1, 0.15) is 23.0 Å². The van der Waals surface area contributed by atoms with Gasteiger partial charge in [0.15, 0.2) is 0 Å². The second-order valence-electron chi connectivity index (χ2n) is 16.2. The molecule has 0 aromatic heterocycles. The molecule has 10 aromatic rings. The number of para-hydroxylation sites is 2. The summed E-state index contributed by atoms with van der Waals surface area (Å²) in [5, 5.41) is 33.2. The van der Waals surface area contributed by atoms with Crippen LogP contribution in [0.5, 0.6) is 23.0 Å². The van der Waals surface area contributed by atoms with E-state index in [9.17, 15) is 10.2 Å². The maximum atomic E-state index is 12.1. The van der Waals surface area contributed by atoms with E-state index in [0.29, 0.717) is 13.2 Å². The average molecular weight is 807 g/mol. The molecule has 0 unspecified atom stereocenters. The van der Waals surface area contributed by atoms with Crippen LogP contribution in [-0.4, -0.2) is 23.4 Å². The molecule has 4 heteroatoms. The van der Waals surface area contributed by atoms with Crippen molar-refractivity contribution in [1.82, 2.24) is 0 Å². The van der Waals surface area contributed by atoms with Crippen LogP contribution >= 0.6 is 0 Å². The molecule has 4 nitrogen and oxygen atoms in total. The first-order valence-electron chi connectivity index (χ1n) is 21.4. The summed E-state index contributed by atoms with van der Waals surface area (Å²) in [7, 11) is 0. The first-order chi connectivity index (χ1) is 30.4. The molecule has 302 valence electrons. The predicted molar refractivity (Wildman–Crippen MR) is 258 cm³/mol. The van der Waals surface area contributed by atoms with E-state index in [4.69, 9.17) is 9.47 Å². The third kappa shape index (κ3) is 7.14. The number of aryl methyl sites for hydroxylation is 2. The van der Waals surface area contributed by atoms with Crippen LogP contribution in [0.15, 0.2) is 182 Å². The van der Waals surface area contributed by atoms with Gasteiger partial charge >= 0.3 is 0 Å². The minimum absolute atomic E-state index is 0.234. The highest BCUT2D eigenvalue weighted by molar-refractivity contribution is 6.15. The number of benzene rings is 10. The zero-order valence-electron chi connectivity index (χ0n) is 34.9. The first kappa shape index (κ1) is 38.6. The normalized spacial score (nSPS) is 11.5. The molecule has 0 saturated heterocycles. The molecule has 0 aliphatic rings. The smallest absolute Gasteiger partial charge is 0.131 e. The molecular formula is C58H46O4. The molecular weight excluding hydrogens is 761 g/mol. The minimum Gasteiger partial charge on any atom is -0.507 e. The van der Waals surface area contributed by atoms with E-state index in [-0.39, 0.29) is 11.5 Å². The lowest BCUT2D eigenvalue weighted by Crippen LogP contribution is -2.04. The molecule has 0 heterocycles. The van der Waals surface area contributed by atoms with Crippen molar-refractivity contribution in [3.63, 3.8) is 0 Å². The number of unbranched alkanes of at least 4 members (excludes halogenated alkanes) is 1. The number of ether oxygens (including phenoxy) is 2. The van der Waals surface area contributed by atoms with Crippen LogP contribution in [0.4, 0.5) is 0 Å². The molecule has 0 radical (unpaired) electrons. The molecule has 62 heavy (non-hydrogen) atoms. The number of phenols is 2. The van der Waals surface area contributed by atoms with Gasteiger partial charge in [0.2, 0.25) is 0 Å². The van der Waals surface area contributed by atoms with Crippen molar-refractivity contribution in [3.05, 3.63) is 193 Å². The summed E-state index contributed by atoms with van der Waals surface area (Å²) < 4.78 is 12.9. The second kappa shape index (κ2) is 16.5. The zero-order valence-corrected chi connectivity index (χ0v) is 34.9. The maximum absolute atomic E-state index is 12.1. The highest BCUT2D eigenvalue weighted by Gasteiger charge is 2.21. The SMILES string of the molecule is Cc1cc(-c2ccccc2OCCCCOc2ccccc2-c2cc(C)cc(-c3c4ccccc4cc4ccccc34)c2O)c(O)c(-c2c3ccccc3cc3ccccc23)c1. The quantitative estimate of drug-likeness (QED) is 0.101. The van der Waals surface area contributed by atoms with Crippen LogP contribution < -0.4 is 9.47 Å². The van der Waals surface area contributed by atoms with Crippen LogP contribution in [-0.2, 0) is 0 Å². The first-order valence-corrected chi connectivity index (χ1v) is 21.4. The Bertz CT molecular complexity index is 2980. The summed E-state index contributed by atoms with van der Waals surface area (Å²) in [5.74, 6) is 1.91. The largest absolute Gasteiger partial charge is 0.507 e. The maximum Gasteiger partial charge on any atom is 0.131 e. The highest BCUT2D eigenvalue weighted by atomic mass is 16.5. The van der Waals surface area contributed by atoms with Gasteiger partial charge in [-0.05, 0) is 129 Å². The summed E-state index contributed by atoms with van der Waals surface area (Å²) in [6, 6.07) is 62.1. The van der Waals surface area contributed by atoms with E-state index in [1.807, 2.05) is 60.7 Å². The van der Waals surface area contributed by atoms with E-state index in [0.717, 1.165) is 123 Å². The molecule has 0 saturated carbocycles.